The number of halogens is 4. The van der Waals surface area contributed by atoms with Crippen molar-refractivity contribution in [2.24, 2.45) is 0 Å². The Morgan fingerprint density at radius 2 is 1.96 bits per heavy atom. The molecule has 0 saturated carbocycles. The van der Waals surface area contributed by atoms with E-state index in [2.05, 4.69) is 10.1 Å². The normalized spacial score (nSPS) is 10.6. The number of carbonyl (C=O) groups excluding carboxylic acids is 1. The van der Waals surface area contributed by atoms with Crippen molar-refractivity contribution in [3.05, 3.63) is 52.0 Å². The number of hydrogen-bond acceptors (Lipinski definition) is 3. The molecule has 1 amide bonds. The Labute approximate surface area is 147 Å². The monoisotopic (exact) mass is 375 g/mol. The Hall–Kier alpha value is -2.05. The van der Waals surface area contributed by atoms with Crippen LogP contribution in [0.15, 0.2) is 36.4 Å². The van der Waals surface area contributed by atoms with Gasteiger partial charge in [-0.3, -0.25) is 4.79 Å². The molecule has 0 radical (unpaired) electrons. The van der Waals surface area contributed by atoms with Crippen LogP contribution < -0.4 is 14.8 Å². The Morgan fingerprint density at radius 1 is 1.21 bits per heavy atom. The van der Waals surface area contributed by atoms with Gasteiger partial charge in [0.05, 0.1) is 22.3 Å². The summed E-state index contributed by atoms with van der Waals surface area (Å²) >= 11 is 11.9. The van der Waals surface area contributed by atoms with Crippen LogP contribution in [-0.2, 0) is 0 Å². The molecule has 2 rings (SSSR count). The van der Waals surface area contributed by atoms with Gasteiger partial charge in [-0.25, -0.2) is 0 Å². The molecule has 0 saturated heterocycles. The van der Waals surface area contributed by atoms with Crippen molar-refractivity contribution >= 4 is 34.8 Å². The third-order valence-electron chi connectivity index (χ3n) is 2.92. The largest absolute Gasteiger partial charge is 0.490 e. The minimum Gasteiger partial charge on any atom is -0.490 e. The van der Waals surface area contributed by atoms with E-state index in [-0.39, 0.29) is 28.7 Å². The smallest absolute Gasteiger partial charge is 0.387 e. The van der Waals surface area contributed by atoms with Crippen molar-refractivity contribution in [2.45, 2.75) is 13.5 Å². The van der Waals surface area contributed by atoms with Crippen LogP contribution in [0.1, 0.15) is 17.3 Å². The van der Waals surface area contributed by atoms with Gasteiger partial charge < -0.3 is 14.8 Å². The van der Waals surface area contributed by atoms with Gasteiger partial charge in [0.25, 0.3) is 5.91 Å². The van der Waals surface area contributed by atoms with E-state index in [9.17, 15) is 13.6 Å². The number of ether oxygens (including phenoxy) is 2. The number of nitrogens with one attached hydrogen (secondary N) is 1. The average Bonchev–Trinajstić information content (AvgIpc) is 2.53. The molecular weight excluding hydrogens is 363 g/mol. The first kappa shape index (κ1) is 18.3. The third kappa shape index (κ3) is 4.49. The summed E-state index contributed by atoms with van der Waals surface area (Å²) in [4.78, 5) is 12.3. The van der Waals surface area contributed by atoms with Crippen LogP contribution in [0, 0.1) is 0 Å². The fraction of sp³-hybridized carbons (Fsp3) is 0.188. The molecule has 2 aromatic rings. The van der Waals surface area contributed by atoms with Crippen LogP contribution in [0.25, 0.3) is 0 Å². The molecule has 0 aromatic heterocycles. The SMILES string of the molecule is CCOc1cc(C(=O)Nc2cccc(Cl)c2Cl)ccc1OC(F)F. The van der Waals surface area contributed by atoms with Crippen LogP contribution in [0.3, 0.4) is 0 Å². The number of anilines is 1. The topological polar surface area (TPSA) is 47.6 Å². The summed E-state index contributed by atoms with van der Waals surface area (Å²) < 4.78 is 34.4. The first-order valence-corrected chi connectivity index (χ1v) is 7.65. The number of carbonyl (C=O) groups is 1. The maximum atomic E-state index is 12.4. The van der Waals surface area contributed by atoms with Gasteiger partial charge in [0, 0.05) is 5.56 Å². The summed E-state index contributed by atoms with van der Waals surface area (Å²) in [5.74, 6) is -0.601. The van der Waals surface area contributed by atoms with Crippen LogP contribution in [0.2, 0.25) is 10.0 Å². The number of alkyl halides is 2. The zero-order valence-corrected chi connectivity index (χ0v) is 14.0. The lowest BCUT2D eigenvalue weighted by Gasteiger charge is -2.13. The highest BCUT2D eigenvalue weighted by molar-refractivity contribution is 6.44. The highest BCUT2D eigenvalue weighted by atomic mass is 35.5. The number of hydrogen-bond donors (Lipinski definition) is 1. The van der Waals surface area contributed by atoms with Gasteiger partial charge in [0.1, 0.15) is 0 Å². The lowest BCUT2D eigenvalue weighted by molar-refractivity contribution is -0.0514. The molecule has 128 valence electrons. The minimum absolute atomic E-state index is 0.0441. The summed E-state index contributed by atoms with van der Waals surface area (Å²) in [6, 6.07) is 8.71. The summed E-state index contributed by atoms with van der Waals surface area (Å²) in [7, 11) is 0. The van der Waals surface area contributed by atoms with Crippen molar-refractivity contribution < 1.29 is 23.0 Å². The molecular formula is C16H13Cl2F2NO3. The van der Waals surface area contributed by atoms with E-state index < -0.39 is 12.5 Å². The van der Waals surface area contributed by atoms with Crippen LogP contribution in [-0.4, -0.2) is 19.1 Å². The molecule has 0 unspecified atom stereocenters. The number of rotatable bonds is 6. The fourth-order valence-corrected chi connectivity index (χ4v) is 2.25. The van der Waals surface area contributed by atoms with E-state index in [0.717, 1.165) is 0 Å². The molecule has 0 atom stereocenters. The molecule has 8 heteroatoms. The molecule has 0 aliphatic rings. The lowest BCUT2D eigenvalue weighted by Crippen LogP contribution is -2.13. The highest BCUT2D eigenvalue weighted by Gasteiger charge is 2.16. The Bertz CT molecular complexity index is 741. The Kier molecular flexibility index (Phi) is 6.23. The summed E-state index contributed by atoms with van der Waals surface area (Å²) in [6.07, 6.45) is 0. The van der Waals surface area contributed by atoms with Gasteiger partial charge in [-0.15, -0.1) is 0 Å². The zero-order chi connectivity index (χ0) is 17.7. The molecule has 2 aromatic carbocycles. The average molecular weight is 376 g/mol. The molecule has 24 heavy (non-hydrogen) atoms. The van der Waals surface area contributed by atoms with E-state index in [0.29, 0.717) is 10.7 Å². The molecule has 0 bridgehead atoms. The molecule has 0 heterocycles. The first-order valence-electron chi connectivity index (χ1n) is 6.89. The Morgan fingerprint density at radius 3 is 2.62 bits per heavy atom. The second-order valence-corrected chi connectivity index (χ2v) is 5.31. The second kappa shape index (κ2) is 8.17. The maximum absolute atomic E-state index is 12.4. The van der Waals surface area contributed by atoms with Gasteiger partial charge in [-0.05, 0) is 37.3 Å². The maximum Gasteiger partial charge on any atom is 0.387 e. The van der Waals surface area contributed by atoms with Crippen molar-refractivity contribution in [1.29, 1.82) is 0 Å². The molecule has 0 aliphatic carbocycles. The second-order valence-electron chi connectivity index (χ2n) is 4.53. The number of benzene rings is 2. The quantitative estimate of drug-likeness (QED) is 0.750. The van der Waals surface area contributed by atoms with Crippen LogP contribution in [0.5, 0.6) is 11.5 Å². The van der Waals surface area contributed by atoms with Crippen LogP contribution >= 0.6 is 23.2 Å². The fourth-order valence-electron chi connectivity index (χ4n) is 1.91. The van der Waals surface area contributed by atoms with Gasteiger partial charge in [0.15, 0.2) is 11.5 Å². The Balaban J connectivity index is 2.25. The predicted octanol–water partition coefficient (Wildman–Crippen LogP) is 5.25. The van der Waals surface area contributed by atoms with E-state index in [1.807, 2.05) is 0 Å². The highest BCUT2D eigenvalue weighted by Crippen LogP contribution is 2.32. The van der Waals surface area contributed by atoms with Crippen molar-refractivity contribution in [3.63, 3.8) is 0 Å². The van der Waals surface area contributed by atoms with E-state index in [1.165, 1.54) is 18.2 Å². The molecule has 1 N–H and O–H groups in total. The summed E-state index contributed by atoms with van der Waals surface area (Å²) in [6.45, 7) is -1.08. The van der Waals surface area contributed by atoms with E-state index in [4.69, 9.17) is 27.9 Å². The van der Waals surface area contributed by atoms with Crippen LogP contribution in [0.4, 0.5) is 14.5 Å². The van der Waals surface area contributed by atoms with Crippen molar-refractivity contribution in [1.82, 2.24) is 0 Å². The summed E-state index contributed by atoms with van der Waals surface area (Å²) in [5, 5.41) is 3.10. The van der Waals surface area contributed by atoms with Gasteiger partial charge in [0.2, 0.25) is 0 Å². The van der Waals surface area contributed by atoms with Crippen molar-refractivity contribution in [3.8, 4) is 11.5 Å². The molecule has 0 spiro atoms. The predicted molar refractivity (Wildman–Crippen MR) is 88.7 cm³/mol. The first-order chi connectivity index (χ1) is 11.4. The standard InChI is InChI=1S/C16H13Cl2F2NO3/c1-2-23-13-8-9(6-7-12(13)24-16(19)20)15(22)21-11-5-3-4-10(17)14(11)18/h3-8,16H,2H2,1H3,(H,21,22). The molecule has 0 fully saturated rings. The number of amides is 1. The molecule has 0 aliphatic heterocycles. The van der Waals surface area contributed by atoms with Gasteiger partial charge in [-0.2, -0.15) is 8.78 Å². The van der Waals surface area contributed by atoms with E-state index in [1.54, 1.807) is 25.1 Å². The minimum atomic E-state index is -2.99. The van der Waals surface area contributed by atoms with Gasteiger partial charge in [-0.1, -0.05) is 29.3 Å². The van der Waals surface area contributed by atoms with E-state index >= 15 is 0 Å². The molecule has 4 nitrogen and oxygen atoms in total. The zero-order valence-electron chi connectivity index (χ0n) is 12.5. The lowest BCUT2D eigenvalue weighted by atomic mass is 10.2. The third-order valence-corrected chi connectivity index (χ3v) is 3.74. The van der Waals surface area contributed by atoms with Gasteiger partial charge >= 0.3 is 6.61 Å². The summed E-state index contributed by atoms with van der Waals surface area (Å²) in [5.41, 5.74) is 0.524. The van der Waals surface area contributed by atoms with Crippen molar-refractivity contribution in [2.75, 3.05) is 11.9 Å².